The molecule has 3 nitrogen and oxygen atoms in total. The van der Waals surface area contributed by atoms with Crippen LogP contribution < -0.4 is 5.32 Å². The van der Waals surface area contributed by atoms with Crippen LogP contribution in [0.4, 0.5) is 0 Å². The molecule has 0 aliphatic carbocycles. The van der Waals surface area contributed by atoms with Gasteiger partial charge in [-0.25, -0.2) is 0 Å². The molecule has 1 atom stereocenters. The Labute approximate surface area is 67.8 Å². The summed E-state index contributed by atoms with van der Waals surface area (Å²) in [5.41, 5.74) is 0. The van der Waals surface area contributed by atoms with E-state index < -0.39 is 0 Å². The van der Waals surface area contributed by atoms with Gasteiger partial charge < -0.3 is 5.32 Å². The van der Waals surface area contributed by atoms with E-state index in [-0.39, 0.29) is 5.91 Å². The van der Waals surface area contributed by atoms with E-state index in [0.717, 1.165) is 6.54 Å². The van der Waals surface area contributed by atoms with Crippen LogP contribution in [0.1, 0.15) is 19.8 Å². The summed E-state index contributed by atoms with van der Waals surface area (Å²) in [6, 6.07) is 0.590. The molecule has 0 radical (unpaired) electrons. The van der Waals surface area contributed by atoms with Crippen molar-refractivity contribution in [1.82, 2.24) is 10.2 Å². The van der Waals surface area contributed by atoms with E-state index in [1.54, 1.807) is 7.05 Å². The van der Waals surface area contributed by atoms with Crippen LogP contribution in [0.5, 0.6) is 0 Å². The third-order valence-corrected chi connectivity index (χ3v) is 2.32. The summed E-state index contributed by atoms with van der Waals surface area (Å²) in [4.78, 5) is 13.2. The van der Waals surface area contributed by atoms with Gasteiger partial charge in [-0.05, 0) is 26.3 Å². The molecule has 1 heterocycles. The Morgan fingerprint density at radius 3 is 2.91 bits per heavy atom. The Hall–Kier alpha value is -0.570. The predicted molar refractivity (Wildman–Crippen MR) is 44.3 cm³/mol. The van der Waals surface area contributed by atoms with E-state index in [0.29, 0.717) is 12.6 Å². The van der Waals surface area contributed by atoms with Gasteiger partial charge in [-0.2, -0.15) is 0 Å². The molecule has 1 saturated heterocycles. The molecule has 1 amide bonds. The number of carbonyl (C=O) groups is 1. The van der Waals surface area contributed by atoms with Crippen molar-refractivity contribution in [2.45, 2.75) is 25.8 Å². The molecular formula is C8H16N2O. The Kier molecular flexibility index (Phi) is 2.88. The number of likely N-dealkylation sites (N-methyl/N-ethyl adjacent to an activating group) is 1. The number of rotatable bonds is 2. The van der Waals surface area contributed by atoms with E-state index >= 15 is 0 Å². The summed E-state index contributed by atoms with van der Waals surface area (Å²) in [6.45, 7) is 3.82. The highest BCUT2D eigenvalue weighted by Gasteiger charge is 2.21. The first kappa shape index (κ1) is 8.53. The summed E-state index contributed by atoms with van der Waals surface area (Å²) in [5, 5.41) is 2.63. The minimum absolute atomic E-state index is 0.124. The second-order valence-corrected chi connectivity index (χ2v) is 3.13. The van der Waals surface area contributed by atoms with Gasteiger partial charge in [-0.15, -0.1) is 0 Å². The highest BCUT2D eigenvalue weighted by molar-refractivity contribution is 5.77. The fourth-order valence-electron chi connectivity index (χ4n) is 1.49. The van der Waals surface area contributed by atoms with Crippen molar-refractivity contribution in [1.29, 1.82) is 0 Å². The van der Waals surface area contributed by atoms with Crippen LogP contribution in [0, 0.1) is 0 Å². The molecule has 0 bridgehead atoms. The first-order valence-corrected chi connectivity index (χ1v) is 4.18. The first-order chi connectivity index (χ1) is 5.24. The second-order valence-electron chi connectivity index (χ2n) is 3.13. The molecule has 0 aromatic heterocycles. The molecule has 0 aromatic carbocycles. The van der Waals surface area contributed by atoms with Crippen LogP contribution in [-0.2, 0) is 4.79 Å². The van der Waals surface area contributed by atoms with E-state index in [4.69, 9.17) is 0 Å². The smallest absolute Gasteiger partial charge is 0.233 e. The number of hydrogen-bond acceptors (Lipinski definition) is 2. The molecule has 1 rings (SSSR count). The zero-order valence-electron chi connectivity index (χ0n) is 7.26. The fourth-order valence-corrected chi connectivity index (χ4v) is 1.49. The van der Waals surface area contributed by atoms with Gasteiger partial charge in [0.2, 0.25) is 5.91 Å². The minimum atomic E-state index is 0.124. The standard InChI is InChI=1S/C8H16N2O/c1-7-4-3-5-10(7)6-8(11)9-2/h7H,3-6H2,1-2H3,(H,9,11). The Morgan fingerprint density at radius 1 is 1.73 bits per heavy atom. The lowest BCUT2D eigenvalue weighted by atomic mass is 10.2. The molecule has 0 aromatic rings. The van der Waals surface area contributed by atoms with Crippen molar-refractivity contribution in [3.8, 4) is 0 Å². The van der Waals surface area contributed by atoms with Gasteiger partial charge in [0.05, 0.1) is 6.54 Å². The van der Waals surface area contributed by atoms with Crippen molar-refractivity contribution in [3.63, 3.8) is 0 Å². The topological polar surface area (TPSA) is 32.3 Å². The van der Waals surface area contributed by atoms with Crippen LogP contribution >= 0.6 is 0 Å². The van der Waals surface area contributed by atoms with Crippen LogP contribution in [-0.4, -0.2) is 37.0 Å². The highest BCUT2D eigenvalue weighted by atomic mass is 16.1. The molecule has 64 valence electrons. The molecule has 1 aliphatic rings. The van der Waals surface area contributed by atoms with Gasteiger partial charge in [0, 0.05) is 13.1 Å². The molecule has 1 N–H and O–H groups in total. The van der Waals surface area contributed by atoms with Gasteiger partial charge in [-0.3, -0.25) is 9.69 Å². The van der Waals surface area contributed by atoms with E-state index in [2.05, 4.69) is 17.1 Å². The molecule has 0 spiro atoms. The molecule has 1 unspecified atom stereocenters. The van der Waals surface area contributed by atoms with Crippen LogP contribution in [0.25, 0.3) is 0 Å². The van der Waals surface area contributed by atoms with Crippen molar-refractivity contribution in [2.24, 2.45) is 0 Å². The molecule has 1 aliphatic heterocycles. The lowest BCUT2D eigenvalue weighted by molar-refractivity contribution is -0.121. The maximum Gasteiger partial charge on any atom is 0.233 e. The van der Waals surface area contributed by atoms with Gasteiger partial charge in [0.1, 0.15) is 0 Å². The quantitative estimate of drug-likeness (QED) is 0.620. The van der Waals surface area contributed by atoms with E-state index in [1.165, 1.54) is 12.8 Å². The molecular weight excluding hydrogens is 140 g/mol. The second kappa shape index (κ2) is 3.72. The van der Waals surface area contributed by atoms with E-state index in [1.807, 2.05) is 0 Å². The summed E-state index contributed by atoms with van der Waals surface area (Å²) in [5.74, 6) is 0.124. The lowest BCUT2D eigenvalue weighted by Gasteiger charge is -2.19. The third-order valence-electron chi connectivity index (χ3n) is 2.32. The summed E-state index contributed by atoms with van der Waals surface area (Å²) >= 11 is 0. The largest absolute Gasteiger partial charge is 0.358 e. The van der Waals surface area contributed by atoms with Gasteiger partial charge >= 0.3 is 0 Å². The first-order valence-electron chi connectivity index (χ1n) is 4.18. The Balaban J connectivity index is 2.30. The summed E-state index contributed by atoms with van der Waals surface area (Å²) < 4.78 is 0. The van der Waals surface area contributed by atoms with Gasteiger partial charge in [-0.1, -0.05) is 0 Å². The maximum atomic E-state index is 11.0. The maximum absolute atomic E-state index is 11.0. The van der Waals surface area contributed by atoms with Crippen LogP contribution in [0.2, 0.25) is 0 Å². The molecule has 3 heteroatoms. The number of nitrogens with zero attached hydrogens (tertiary/aromatic N) is 1. The number of nitrogens with one attached hydrogen (secondary N) is 1. The zero-order chi connectivity index (χ0) is 8.27. The van der Waals surface area contributed by atoms with Crippen molar-refractivity contribution < 1.29 is 4.79 Å². The SMILES string of the molecule is CNC(=O)CN1CCCC1C. The van der Waals surface area contributed by atoms with Crippen LogP contribution in [0.15, 0.2) is 0 Å². The number of likely N-dealkylation sites (tertiary alicyclic amines) is 1. The predicted octanol–water partition coefficient (Wildman–Crippen LogP) is 0.217. The number of carbonyl (C=O) groups excluding carboxylic acids is 1. The molecule has 1 fully saturated rings. The van der Waals surface area contributed by atoms with Crippen molar-refractivity contribution in [2.75, 3.05) is 20.1 Å². The van der Waals surface area contributed by atoms with Crippen molar-refractivity contribution >= 4 is 5.91 Å². The minimum Gasteiger partial charge on any atom is -0.358 e. The highest BCUT2D eigenvalue weighted by Crippen LogP contribution is 2.14. The fraction of sp³-hybridized carbons (Fsp3) is 0.875. The normalized spacial score (nSPS) is 25.5. The molecule has 11 heavy (non-hydrogen) atoms. The van der Waals surface area contributed by atoms with Crippen molar-refractivity contribution in [3.05, 3.63) is 0 Å². The third kappa shape index (κ3) is 2.19. The number of hydrogen-bond donors (Lipinski definition) is 1. The van der Waals surface area contributed by atoms with E-state index in [9.17, 15) is 4.79 Å². The monoisotopic (exact) mass is 156 g/mol. The average molecular weight is 156 g/mol. The number of amides is 1. The van der Waals surface area contributed by atoms with Gasteiger partial charge in [0.25, 0.3) is 0 Å². The Bertz CT molecular complexity index is 147. The van der Waals surface area contributed by atoms with Crippen LogP contribution in [0.3, 0.4) is 0 Å². The average Bonchev–Trinajstić information content (AvgIpc) is 2.37. The lowest BCUT2D eigenvalue weighted by Crippen LogP contribution is -2.37. The summed E-state index contributed by atoms with van der Waals surface area (Å²) in [7, 11) is 1.68. The molecule has 0 saturated carbocycles. The Morgan fingerprint density at radius 2 is 2.45 bits per heavy atom. The zero-order valence-corrected chi connectivity index (χ0v) is 7.26. The van der Waals surface area contributed by atoms with Gasteiger partial charge in [0.15, 0.2) is 0 Å². The summed E-state index contributed by atoms with van der Waals surface area (Å²) in [6.07, 6.45) is 2.47.